The molecule has 8 nitrogen and oxygen atoms in total. The average Bonchev–Trinajstić information content (AvgIpc) is 2.82. The van der Waals surface area contributed by atoms with Crippen LogP contribution in [0.15, 0.2) is 82.8 Å². The molecule has 0 aromatic heterocycles. The van der Waals surface area contributed by atoms with E-state index < -0.39 is 22.5 Å². The lowest BCUT2D eigenvalue weighted by molar-refractivity contribution is -0.0499. The molecule has 0 aliphatic heterocycles. The van der Waals surface area contributed by atoms with Gasteiger partial charge in [0.25, 0.3) is 15.9 Å². The van der Waals surface area contributed by atoms with Gasteiger partial charge in [0.1, 0.15) is 11.5 Å². The van der Waals surface area contributed by atoms with E-state index in [9.17, 15) is 22.0 Å². The number of nitrogens with zero attached hydrogens (tertiary/aromatic N) is 1. The molecule has 1 amide bonds. The van der Waals surface area contributed by atoms with Gasteiger partial charge in [0, 0.05) is 11.1 Å². The fourth-order valence-electron chi connectivity index (χ4n) is 2.96. The van der Waals surface area contributed by atoms with Gasteiger partial charge in [-0.05, 0) is 49.4 Å². The highest BCUT2D eigenvalue weighted by molar-refractivity contribution is 7.92. The van der Waals surface area contributed by atoms with Crippen LogP contribution >= 0.6 is 0 Å². The molecule has 0 unspecified atom stereocenters. The zero-order valence-electron chi connectivity index (χ0n) is 18.2. The second-order valence-electron chi connectivity index (χ2n) is 6.85. The van der Waals surface area contributed by atoms with Gasteiger partial charge in [-0.3, -0.25) is 9.52 Å². The number of methoxy groups -OCH3 is 1. The summed E-state index contributed by atoms with van der Waals surface area (Å²) in [6.45, 7) is -1.51. The van der Waals surface area contributed by atoms with Crippen LogP contribution in [0.25, 0.3) is 0 Å². The fraction of sp³-hybridized carbons (Fsp3) is 0.130. The average molecular weight is 490 g/mol. The third kappa shape index (κ3) is 6.07. The Hall–Kier alpha value is -3.99. The van der Waals surface area contributed by atoms with Gasteiger partial charge < -0.3 is 9.47 Å². The van der Waals surface area contributed by atoms with Crippen molar-refractivity contribution in [3.63, 3.8) is 0 Å². The first-order chi connectivity index (χ1) is 16.2. The van der Waals surface area contributed by atoms with E-state index in [1.165, 1.54) is 56.5 Å². The first-order valence-corrected chi connectivity index (χ1v) is 11.3. The van der Waals surface area contributed by atoms with Crippen LogP contribution in [0.4, 0.5) is 14.5 Å². The number of anilines is 1. The van der Waals surface area contributed by atoms with Gasteiger partial charge in [0.15, 0.2) is 0 Å². The third-order valence-electron chi connectivity index (χ3n) is 4.58. The number of benzene rings is 3. The molecule has 0 aliphatic rings. The van der Waals surface area contributed by atoms with Crippen molar-refractivity contribution in [2.45, 2.75) is 18.4 Å². The second-order valence-corrected chi connectivity index (χ2v) is 8.53. The zero-order valence-corrected chi connectivity index (χ0v) is 19.0. The third-order valence-corrected chi connectivity index (χ3v) is 5.94. The molecule has 0 aliphatic carbocycles. The largest absolute Gasteiger partial charge is 0.495 e. The first-order valence-electron chi connectivity index (χ1n) is 9.86. The SMILES string of the molecule is COc1ccccc1NS(=O)(=O)c1cccc(C(=O)NN=C(C)c2ccccc2OC(F)F)c1. The number of sulfonamides is 1. The maximum atomic E-state index is 12.8. The molecule has 2 N–H and O–H groups in total. The van der Waals surface area contributed by atoms with Crippen LogP contribution in [0, 0.1) is 0 Å². The molecule has 3 aromatic carbocycles. The van der Waals surface area contributed by atoms with Crippen LogP contribution in [-0.4, -0.2) is 33.8 Å². The van der Waals surface area contributed by atoms with E-state index in [1.54, 1.807) is 30.3 Å². The minimum Gasteiger partial charge on any atom is -0.495 e. The summed E-state index contributed by atoms with van der Waals surface area (Å²) in [5, 5.41) is 3.93. The molecule has 0 saturated heterocycles. The molecule has 178 valence electrons. The Bertz CT molecular complexity index is 1310. The molecule has 0 atom stereocenters. The van der Waals surface area contributed by atoms with Gasteiger partial charge in [0.05, 0.1) is 23.4 Å². The second kappa shape index (κ2) is 10.8. The van der Waals surface area contributed by atoms with Gasteiger partial charge >= 0.3 is 6.61 Å². The number of nitrogens with one attached hydrogen (secondary N) is 2. The van der Waals surface area contributed by atoms with Gasteiger partial charge in [-0.25, -0.2) is 13.8 Å². The predicted molar refractivity (Wildman–Crippen MR) is 123 cm³/mol. The summed E-state index contributed by atoms with van der Waals surface area (Å²) in [4.78, 5) is 12.4. The van der Waals surface area contributed by atoms with Crippen LogP contribution in [0.2, 0.25) is 0 Å². The van der Waals surface area contributed by atoms with E-state index in [0.717, 1.165) is 0 Å². The summed E-state index contributed by atoms with van der Waals surface area (Å²) in [6.07, 6.45) is 0. The molecule has 34 heavy (non-hydrogen) atoms. The minimum absolute atomic E-state index is 0.0246. The van der Waals surface area contributed by atoms with Gasteiger partial charge in [-0.15, -0.1) is 0 Å². The van der Waals surface area contributed by atoms with Gasteiger partial charge in [0.2, 0.25) is 0 Å². The molecule has 0 heterocycles. The Morgan fingerprint density at radius 3 is 2.35 bits per heavy atom. The van der Waals surface area contributed by atoms with Crippen molar-refractivity contribution < 1.29 is 31.5 Å². The van der Waals surface area contributed by atoms with E-state index in [0.29, 0.717) is 5.75 Å². The van der Waals surface area contributed by atoms with Crippen molar-refractivity contribution in [3.05, 3.63) is 83.9 Å². The van der Waals surface area contributed by atoms with E-state index in [-0.39, 0.29) is 33.2 Å². The summed E-state index contributed by atoms with van der Waals surface area (Å²) in [5.74, 6) is -0.453. The highest BCUT2D eigenvalue weighted by atomic mass is 32.2. The van der Waals surface area contributed by atoms with E-state index >= 15 is 0 Å². The van der Waals surface area contributed by atoms with Gasteiger partial charge in [-0.1, -0.05) is 30.3 Å². The Labute approximate surface area is 195 Å². The Morgan fingerprint density at radius 2 is 1.65 bits per heavy atom. The molecule has 0 radical (unpaired) electrons. The van der Waals surface area contributed by atoms with Crippen molar-refractivity contribution in [2.24, 2.45) is 5.10 Å². The number of hydrazone groups is 1. The molecule has 0 saturated carbocycles. The number of amides is 1. The number of carbonyl (C=O) groups is 1. The van der Waals surface area contributed by atoms with Crippen LogP contribution in [0.5, 0.6) is 11.5 Å². The summed E-state index contributed by atoms with van der Waals surface area (Å²) < 4.78 is 62.9. The molecule has 3 aromatic rings. The zero-order chi connectivity index (χ0) is 24.7. The number of ether oxygens (including phenoxy) is 2. The quantitative estimate of drug-likeness (QED) is 0.345. The number of halogens is 2. The summed E-state index contributed by atoms with van der Waals surface area (Å²) >= 11 is 0. The lowest BCUT2D eigenvalue weighted by Gasteiger charge is -2.12. The lowest BCUT2D eigenvalue weighted by Crippen LogP contribution is -2.20. The number of para-hydroxylation sites is 3. The molecular weight excluding hydrogens is 468 g/mol. The van der Waals surface area contributed by atoms with E-state index in [1.807, 2.05) is 0 Å². The normalized spacial score (nSPS) is 11.7. The molecule has 0 spiro atoms. The minimum atomic E-state index is -4.03. The first kappa shape index (κ1) is 24.6. The Balaban J connectivity index is 1.79. The van der Waals surface area contributed by atoms with Crippen LogP contribution in [0.3, 0.4) is 0 Å². The van der Waals surface area contributed by atoms with Crippen molar-refractivity contribution in [3.8, 4) is 11.5 Å². The Kier molecular flexibility index (Phi) is 7.79. The summed E-state index contributed by atoms with van der Waals surface area (Å²) in [5.41, 5.74) is 3.04. The van der Waals surface area contributed by atoms with Crippen molar-refractivity contribution in [2.75, 3.05) is 11.8 Å². The number of alkyl halides is 2. The number of carbonyl (C=O) groups excluding carboxylic acids is 1. The number of rotatable bonds is 9. The molecular formula is C23H21F2N3O5S. The molecule has 0 fully saturated rings. The van der Waals surface area contributed by atoms with E-state index in [4.69, 9.17) is 4.74 Å². The highest BCUT2D eigenvalue weighted by Gasteiger charge is 2.18. The summed E-state index contributed by atoms with van der Waals surface area (Å²) in [7, 11) is -2.61. The van der Waals surface area contributed by atoms with Crippen LogP contribution in [0.1, 0.15) is 22.8 Å². The lowest BCUT2D eigenvalue weighted by atomic mass is 10.1. The van der Waals surface area contributed by atoms with Crippen molar-refractivity contribution in [1.29, 1.82) is 0 Å². The summed E-state index contributed by atoms with van der Waals surface area (Å²) in [6, 6.07) is 17.8. The standard InChI is InChI=1S/C23H21F2N3O5S/c1-15(18-10-3-5-12-20(18)33-23(24)25)26-27-22(29)16-8-7-9-17(14-16)34(30,31)28-19-11-4-6-13-21(19)32-2/h3-14,23,28H,1-2H3,(H,27,29). The fourth-order valence-corrected chi connectivity index (χ4v) is 4.08. The molecule has 0 bridgehead atoms. The van der Waals surface area contributed by atoms with Gasteiger partial charge in [-0.2, -0.15) is 13.9 Å². The van der Waals surface area contributed by atoms with E-state index in [2.05, 4.69) is 20.0 Å². The Morgan fingerprint density at radius 1 is 0.971 bits per heavy atom. The topological polar surface area (TPSA) is 106 Å². The maximum Gasteiger partial charge on any atom is 0.387 e. The maximum absolute atomic E-state index is 12.8. The van der Waals surface area contributed by atoms with Crippen LogP contribution < -0.4 is 19.6 Å². The molecule has 3 rings (SSSR count). The van der Waals surface area contributed by atoms with Crippen LogP contribution in [-0.2, 0) is 10.0 Å². The van der Waals surface area contributed by atoms with Crippen molar-refractivity contribution in [1.82, 2.24) is 5.43 Å². The monoisotopic (exact) mass is 489 g/mol. The molecule has 11 heteroatoms. The number of hydrogen-bond donors (Lipinski definition) is 2. The predicted octanol–water partition coefficient (Wildman–Crippen LogP) is 4.25. The smallest absolute Gasteiger partial charge is 0.387 e. The highest BCUT2D eigenvalue weighted by Crippen LogP contribution is 2.26. The number of hydrogen-bond acceptors (Lipinski definition) is 6. The van der Waals surface area contributed by atoms with Crippen molar-refractivity contribution >= 4 is 27.3 Å².